The second-order valence-corrected chi connectivity index (χ2v) is 11.7. The van der Waals surface area contributed by atoms with E-state index in [1.165, 1.54) is 27.8 Å². The number of halogens is 5. The number of hydrogen-bond acceptors (Lipinski definition) is 0. The first-order valence-corrected chi connectivity index (χ1v) is 12.9. The molecule has 30 heavy (non-hydrogen) atoms. The van der Waals surface area contributed by atoms with Gasteiger partial charge in [0.05, 0.1) is 0 Å². The van der Waals surface area contributed by atoms with Crippen LogP contribution in [0.5, 0.6) is 0 Å². The summed E-state index contributed by atoms with van der Waals surface area (Å²) in [6, 6.07) is 21.6. The third kappa shape index (κ3) is 4.11. The maximum absolute atomic E-state index is 6.56. The summed E-state index contributed by atoms with van der Waals surface area (Å²) < 4.78 is 2.09. The summed E-state index contributed by atoms with van der Waals surface area (Å²) in [5, 5.41) is 1.49. The van der Waals surface area contributed by atoms with Crippen molar-refractivity contribution in [1.29, 1.82) is 0 Å². The Morgan fingerprint density at radius 1 is 0.700 bits per heavy atom. The summed E-state index contributed by atoms with van der Waals surface area (Å²) in [7, 11) is 0. The van der Waals surface area contributed by atoms with E-state index in [0.717, 1.165) is 12.0 Å². The van der Waals surface area contributed by atoms with Crippen molar-refractivity contribution in [3.05, 3.63) is 108 Å². The molecule has 0 heterocycles. The predicted octanol–water partition coefficient (Wildman–Crippen LogP) is 2.18. The van der Waals surface area contributed by atoms with Crippen molar-refractivity contribution in [1.82, 2.24) is 0 Å². The molecule has 0 radical (unpaired) electrons. The van der Waals surface area contributed by atoms with Gasteiger partial charge < -0.3 is 24.8 Å². The topological polar surface area (TPSA) is 0 Å². The van der Waals surface area contributed by atoms with Gasteiger partial charge >= 0.3 is 193 Å². The zero-order valence-corrected chi connectivity index (χ0v) is 21.8. The Kier molecular flexibility index (Phi) is 8.00. The molecule has 0 amide bonds. The van der Waals surface area contributed by atoms with E-state index < -0.39 is 23.2 Å². The van der Waals surface area contributed by atoms with Gasteiger partial charge in [-0.3, -0.25) is 0 Å². The molecule has 0 fully saturated rings. The maximum Gasteiger partial charge on any atom is -1.00 e. The molecule has 0 spiro atoms. The van der Waals surface area contributed by atoms with Crippen molar-refractivity contribution in [2.24, 2.45) is 0 Å². The van der Waals surface area contributed by atoms with E-state index in [0.29, 0.717) is 18.7 Å². The van der Waals surface area contributed by atoms with Crippen molar-refractivity contribution in [2.45, 2.75) is 10.0 Å². The van der Waals surface area contributed by atoms with Crippen LogP contribution in [0.4, 0.5) is 0 Å². The SMILES string of the molecule is Clc1ccc(C2=[C]([Zr+2][CH]3c4ccccc4-c4ccccc43)CC=C2)c(Cl)c1Cl.[Cl-].[Cl-]. The van der Waals surface area contributed by atoms with Crippen molar-refractivity contribution in [3.63, 3.8) is 0 Å². The average Bonchev–Trinajstić information content (AvgIpc) is 3.30. The Bertz CT molecular complexity index is 1120. The van der Waals surface area contributed by atoms with E-state index in [-0.39, 0.29) is 24.8 Å². The third-order valence-electron chi connectivity index (χ3n) is 5.41. The minimum Gasteiger partial charge on any atom is -1.00 e. The number of rotatable bonds is 3. The Morgan fingerprint density at radius 3 is 1.93 bits per heavy atom. The molecule has 2 aliphatic rings. The van der Waals surface area contributed by atoms with Crippen LogP contribution >= 0.6 is 34.8 Å². The third-order valence-corrected chi connectivity index (χ3v) is 11.0. The Balaban J connectivity index is 0.00000128. The molecule has 5 rings (SSSR count). The molecule has 0 unspecified atom stereocenters. The van der Waals surface area contributed by atoms with Crippen LogP contribution in [0.2, 0.25) is 15.1 Å². The van der Waals surface area contributed by atoms with Crippen molar-refractivity contribution in [2.75, 3.05) is 0 Å². The summed E-state index contributed by atoms with van der Waals surface area (Å²) in [4.78, 5) is 0. The van der Waals surface area contributed by atoms with Crippen LogP contribution < -0.4 is 24.8 Å². The zero-order valence-electron chi connectivity index (χ0n) is 15.6. The summed E-state index contributed by atoms with van der Waals surface area (Å²) in [5.74, 6) is 0. The van der Waals surface area contributed by atoms with Crippen LogP contribution in [0.1, 0.15) is 26.7 Å². The van der Waals surface area contributed by atoms with Crippen molar-refractivity contribution < 1.29 is 48.0 Å². The summed E-state index contributed by atoms with van der Waals surface area (Å²) >= 11 is 18.1. The first kappa shape index (κ1) is 24.1. The van der Waals surface area contributed by atoms with E-state index >= 15 is 0 Å². The van der Waals surface area contributed by atoms with Gasteiger partial charge in [-0.15, -0.1) is 0 Å². The first-order chi connectivity index (χ1) is 13.6. The molecule has 0 aliphatic heterocycles. The molecule has 0 bridgehead atoms. The Labute approximate surface area is 215 Å². The number of fused-ring (bicyclic) bond motifs is 3. The summed E-state index contributed by atoms with van der Waals surface area (Å²) in [6.45, 7) is 0. The molecule has 2 aliphatic carbocycles. The van der Waals surface area contributed by atoms with Gasteiger partial charge in [0, 0.05) is 0 Å². The van der Waals surface area contributed by atoms with E-state index in [4.69, 9.17) is 34.8 Å². The summed E-state index contributed by atoms with van der Waals surface area (Å²) in [6.07, 6.45) is 5.46. The fourth-order valence-corrected chi connectivity index (χ4v) is 9.11. The van der Waals surface area contributed by atoms with E-state index in [1.807, 2.05) is 12.1 Å². The van der Waals surface area contributed by atoms with Crippen LogP contribution in [0.3, 0.4) is 0 Å². The van der Waals surface area contributed by atoms with Gasteiger partial charge in [0.15, 0.2) is 0 Å². The van der Waals surface area contributed by atoms with Gasteiger partial charge in [0.25, 0.3) is 0 Å². The number of allylic oxidation sites excluding steroid dienone is 4. The Hall–Kier alpha value is -0.527. The van der Waals surface area contributed by atoms with Crippen LogP contribution in [0, 0.1) is 0 Å². The molecule has 3 aromatic carbocycles. The standard InChI is InChI=1S/C13H9.C11H6Cl3.2ClH.Zr/c1-3-7-12-10(5-1)9-11-6-2-4-8-13(11)12;12-9-6-5-8(10(13)11(9)14)7-3-1-2-4-7;;;/h1-9H;1,3,5-6H,2H2;2*1H;/q;;;;+2/p-2. The molecule has 6 heteroatoms. The van der Waals surface area contributed by atoms with Gasteiger partial charge in [-0.05, 0) is 0 Å². The fourth-order valence-electron chi connectivity index (χ4n) is 4.11. The molecule has 0 saturated heterocycles. The summed E-state index contributed by atoms with van der Waals surface area (Å²) in [5.41, 5.74) is 8.00. The van der Waals surface area contributed by atoms with E-state index in [1.54, 1.807) is 3.28 Å². The Morgan fingerprint density at radius 2 is 1.30 bits per heavy atom. The molecule has 0 N–H and O–H groups in total. The average molecular weight is 572 g/mol. The van der Waals surface area contributed by atoms with E-state index in [9.17, 15) is 0 Å². The minimum atomic E-state index is -0.951. The predicted molar refractivity (Wildman–Crippen MR) is 116 cm³/mol. The van der Waals surface area contributed by atoms with Gasteiger partial charge in [0.1, 0.15) is 0 Å². The van der Waals surface area contributed by atoms with Gasteiger partial charge in [-0.25, -0.2) is 0 Å². The monoisotopic (exact) mass is 568 g/mol. The largest absolute Gasteiger partial charge is 1.00 e. The molecule has 0 saturated carbocycles. The normalized spacial score (nSPS) is 14.0. The maximum atomic E-state index is 6.56. The smallest absolute Gasteiger partial charge is 1.00 e. The molecule has 0 atom stereocenters. The van der Waals surface area contributed by atoms with Crippen molar-refractivity contribution in [3.8, 4) is 11.1 Å². The molecular weight excluding hydrogens is 557 g/mol. The fraction of sp³-hybridized carbons (Fsp3) is 0.0833. The van der Waals surface area contributed by atoms with Crippen LogP contribution in [0.25, 0.3) is 16.7 Å². The molecule has 150 valence electrons. The van der Waals surface area contributed by atoms with Crippen LogP contribution in [0.15, 0.2) is 76.1 Å². The van der Waals surface area contributed by atoms with Gasteiger partial charge in [-0.2, -0.15) is 0 Å². The quantitative estimate of drug-likeness (QED) is 0.423. The second kappa shape index (κ2) is 9.95. The minimum absolute atomic E-state index is 0. The van der Waals surface area contributed by atoms with Crippen molar-refractivity contribution >= 4 is 40.4 Å². The van der Waals surface area contributed by atoms with Crippen LogP contribution in [-0.4, -0.2) is 0 Å². The van der Waals surface area contributed by atoms with E-state index in [2.05, 4.69) is 60.7 Å². The molecule has 3 aromatic rings. The zero-order chi connectivity index (χ0) is 19.3. The van der Waals surface area contributed by atoms with Crippen LogP contribution in [-0.2, 0) is 23.2 Å². The van der Waals surface area contributed by atoms with Gasteiger partial charge in [-0.1, -0.05) is 0 Å². The second-order valence-electron chi connectivity index (χ2n) is 6.97. The molecule has 0 nitrogen and oxygen atoms in total. The number of hydrogen-bond donors (Lipinski definition) is 0. The van der Waals surface area contributed by atoms with Gasteiger partial charge in [0.2, 0.25) is 0 Å². The number of benzene rings is 3. The molecular formula is C24H15Cl5Zr. The first-order valence-electron chi connectivity index (χ1n) is 9.13. The molecule has 0 aromatic heterocycles.